The van der Waals surface area contributed by atoms with Crippen molar-refractivity contribution in [2.45, 2.75) is 19.5 Å². The van der Waals surface area contributed by atoms with E-state index in [1.165, 1.54) is 30.7 Å². The van der Waals surface area contributed by atoms with Crippen molar-refractivity contribution in [3.8, 4) is 17.5 Å². The Hall–Kier alpha value is -3.04. The van der Waals surface area contributed by atoms with Crippen molar-refractivity contribution in [2.24, 2.45) is 0 Å². The van der Waals surface area contributed by atoms with Gasteiger partial charge in [0.05, 0.1) is 5.56 Å². The number of pyridine rings is 1. The Labute approximate surface area is 133 Å². The van der Waals surface area contributed by atoms with E-state index in [9.17, 15) is 13.2 Å². The fraction of sp³-hybridized carbons (Fsp3) is 0.214. The van der Waals surface area contributed by atoms with Crippen molar-refractivity contribution in [1.82, 2.24) is 25.1 Å². The van der Waals surface area contributed by atoms with Crippen molar-refractivity contribution in [3.63, 3.8) is 0 Å². The van der Waals surface area contributed by atoms with Crippen molar-refractivity contribution < 1.29 is 22.3 Å². The SMILES string of the molecule is CC(Oc1ncc(-c2nnc(C(F)F)o2)cn1)c1ncccc1F. The Morgan fingerprint density at radius 3 is 2.50 bits per heavy atom. The molecular formula is C14H10F3N5O2. The number of hydrogen-bond acceptors (Lipinski definition) is 7. The lowest BCUT2D eigenvalue weighted by Crippen LogP contribution is -2.09. The number of nitrogens with zero attached hydrogens (tertiary/aromatic N) is 5. The molecule has 3 heterocycles. The van der Waals surface area contributed by atoms with Gasteiger partial charge in [0, 0.05) is 18.6 Å². The second-order valence-electron chi connectivity index (χ2n) is 4.63. The van der Waals surface area contributed by atoms with Gasteiger partial charge in [0.2, 0.25) is 0 Å². The monoisotopic (exact) mass is 337 g/mol. The van der Waals surface area contributed by atoms with Crippen LogP contribution in [0.3, 0.4) is 0 Å². The van der Waals surface area contributed by atoms with Crippen molar-refractivity contribution in [3.05, 3.63) is 48.1 Å². The standard InChI is InChI=1S/C14H10F3N5O2/c1-7(10-9(15)3-2-4-18-10)23-14-19-5-8(6-20-14)12-21-22-13(24-12)11(16)17/h2-7,11H,1H3. The van der Waals surface area contributed by atoms with Crippen LogP contribution in [0.4, 0.5) is 13.2 Å². The van der Waals surface area contributed by atoms with Gasteiger partial charge in [0.1, 0.15) is 17.6 Å². The maximum Gasteiger partial charge on any atom is 0.316 e. The third kappa shape index (κ3) is 3.31. The summed E-state index contributed by atoms with van der Waals surface area (Å²) in [6.07, 6.45) is 0.409. The Balaban J connectivity index is 1.73. The molecule has 1 atom stereocenters. The summed E-state index contributed by atoms with van der Waals surface area (Å²) >= 11 is 0. The summed E-state index contributed by atoms with van der Waals surface area (Å²) in [5.74, 6) is -1.43. The molecule has 0 radical (unpaired) electrons. The molecule has 0 fully saturated rings. The molecular weight excluding hydrogens is 327 g/mol. The van der Waals surface area contributed by atoms with Crippen LogP contribution in [0.5, 0.6) is 6.01 Å². The minimum absolute atomic E-state index is 0.0371. The smallest absolute Gasteiger partial charge is 0.316 e. The summed E-state index contributed by atoms with van der Waals surface area (Å²) in [5, 5.41) is 6.69. The summed E-state index contributed by atoms with van der Waals surface area (Å²) in [5.41, 5.74) is 0.363. The number of ether oxygens (including phenoxy) is 1. The highest BCUT2D eigenvalue weighted by molar-refractivity contribution is 5.49. The van der Waals surface area contributed by atoms with E-state index in [1.54, 1.807) is 6.92 Å². The van der Waals surface area contributed by atoms with Crippen LogP contribution in [0.2, 0.25) is 0 Å². The summed E-state index contributed by atoms with van der Waals surface area (Å²) in [6, 6.07) is 2.70. The van der Waals surface area contributed by atoms with Gasteiger partial charge in [0.25, 0.3) is 11.8 Å². The first-order chi connectivity index (χ1) is 11.5. The number of rotatable bonds is 5. The molecule has 0 saturated carbocycles. The van der Waals surface area contributed by atoms with E-state index in [0.29, 0.717) is 0 Å². The van der Waals surface area contributed by atoms with E-state index < -0.39 is 24.2 Å². The van der Waals surface area contributed by atoms with Gasteiger partial charge in [-0.3, -0.25) is 4.98 Å². The lowest BCUT2D eigenvalue weighted by Gasteiger charge is -2.12. The quantitative estimate of drug-likeness (QED) is 0.707. The van der Waals surface area contributed by atoms with Gasteiger partial charge in [-0.25, -0.2) is 14.4 Å². The predicted molar refractivity (Wildman–Crippen MR) is 73.5 cm³/mol. The van der Waals surface area contributed by atoms with Gasteiger partial charge in [-0.15, -0.1) is 10.2 Å². The van der Waals surface area contributed by atoms with Crippen molar-refractivity contribution in [1.29, 1.82) is 0 Å². The zero-order valence-corrected chi connectivity index (χ0v) is 12.2. The number of hydrogen-bond donors (Lipinski definition) is 0. The molecule has 0 amide bonds. The van der Waals surface area contributed by atoms with Crippen LogP contribution in [-0.2, 0) is 0 Å². The van der Waals surface area contributed by atoms with Crippen molar-refractivity contribution >= 4 is 0 Å². The molecule has 3 rings (SSSR count). The summed E-state index contributed by atoms with van der Waals surface area (Å²) < 4.78 is 48.6. The highest BCUT2D eigenvalue weighted by Gasteiger charge is 2.18. The molecule has 0 N–H and O–H groups in total. The number of alkyl halides is 2. The fourth-order valence-electron chi connectivity index (χ4n) is 1.84. The molecule has 24 heavy (non-hydrogen) atoms. The summed E-state index contributed by atoms with van der Waals surface area (Å²) in [7, 11) is 0. The van der Waals surface area contributed by atoms with Crippen LogP contribution in [0.1, 0.15) is 31.0 Å². The van der Waals surface area contributed by atoms with Crippen LogP contribution in [-0.4, -0.2) is 25.1 Å². The van der Waals surface area contributed by atoms with E-state index in [1.807, 2.05) is 0 Å². The van der Waals surface area contributed by atoms with Gasteiger partial charge in [-0.05, 0) is 19.1 Å². The van der Waals surface area contributed by atoms with Gasteiger partial charge in [0.15, 0.2) is 0 Å². The normalized spacial score (nSPS) is 12.4. The molecule has 0 aliphatic rings. The molecule has 3 aromatic heterocycles. The molecule has 3 aromatic rings. The van der Waals surface area contributed by atoms with E-state index in [-0.39, 0.29) is 23.2 Å². The van der Waals surface area contributed by atoms with E-state index in [4.69, 9.17) is 9.15 Å². The first kappa shape index (κ1) is 15.8. The zero-order valence-electron chi connectivity index (χ0n) is 12.2. The Kier molecular flexibility index (Phi) is 4.36. The Morgan fingerprint density at radius 1 is 1.12 bits per heavy atom. The highest BCUT2D eigenvalue weighted by atomic mass is 19.3. The minimum Gasteiger partial charge on any atom is -0.454 e. The van der Waals surface area contributed by atoms with Crippen LogP contribution >= 0.6 is 0 Å². The maximum absolute atomic E-state index is 13.6. The molecule has 7 nitrogen and oxygen atoms in total. The Bertz CT molecular complexity index is 825. The van der Waals surface area contributed by atoms with E-state index >= 15 is 0 Å². The zero-order chi connectivity index (χ0) is 17.1. The first-order valence-corrected chi connectivity index (χ1v) is 6.75. The third-order valence-corrected chi connectivity index (χ3v) is 2.96. The predicted octanol–water partition coefficient (Wildman–Crippen LogP) is 3.14. The molecule has 0 bridgehead atoms. The second kappa shape index (κ2) is 6.60. The molecule has 0 aliphatic heterocycles. The average molecular weight is 337 g/mol. The third-order valence-electron chi connectivity index (χ3n) is 2.96. The van der Waals surface area contributed by atoms with E-state index in [2.05, 4.69) is 25.1 Å². The van der Waals surface area contributed by atoms with Crippen LogP contribution in [0.25, 0.3) is 11.5 Å². The topological polar surface area (TPSA) is 86.8 Å². The van der Waals surface area contributed by atoms with Crippen LogP contribution < -0.4 is 4.74 Å². The number of halogens is 3. The molecule has 0 aromatic carbocycles. The second-order valence-corrected chi connectivity index (χ2v) is 4.63. The van der Waals surface area contributed by atoms with Gasteiger partial charge < -0.3 is 9.15 Å². The van der Waals surface area contributed by atoms with Crippen LogP contribution in [0, 0.1) is 5.82 Å². The molecule has 0 saturated heterocycles. The number of aromatic nitrogens is 5. The molecule has 1 unspecified atom stereocenters. The molecule has 10 heteroatoms. The average Bonchev–Trinajstić information content (AvgIpc) is 3.06. The lowest BCUT2D eigenvalue weighted by atomic mass is 10.2. The Morgan fingerprint density at radius 2 is 1.88 bits per heavy atom. The van der Waals surface area contributed by atoms with Gasteiger partial charge in [-0.1, -0.05) is 0 Å². The first-order valence-electron chi connectivity index (χ1n) is 6.75. The van der Waals surface area contributed by atoms with Crippen molar-refractivity contribution in [2.75, 3.05) is 0 Å². The molecule has 0 spiro atoms. The van der Waals surface area contributed by atoms with E-state index in [0.717, 1.165) is 0 Å². The lowest BCUT2D eigenvalue weighted by molar-refractivity contribution is 0.116. The van der Waals surface area contributed by atoms with Gasteiger partial charge >= 0.3 is 12.4 Å². The van der Waals surface area contributed by atoms with Crippen LogP contribution in [0.15, 0.2) is 35.1 Å². The largest absolute Gasteiger partial charge is 0.454 e. The molecule has 0 aliphatic carbocycles. The van der Waals surface area contributed by atoms with Gasteiger partial charge in [-0.2, -0.15) is 8.78 Å². The fourth-order valence-corrected chi connectivity index (χ4v) is 1.84. The minimum atomic E-state index is -2.86. The summed E-state index contributed by atoms with van der Waals surface area (Å²) in [4.78, 5) is 11.7. The highest BCUT2D eigenvalue weighted by Crippen LogP contribution is 2.24. The molecule has 124 valence electrons. The maximum atomic E-state index is 13.6. The summed E-state index contributed by atoms with van der Waals surface area (Å²) in [6.45, 7) is 1.59.